The normalized spacial score (nSPS) is 9.14. The standard InChI is InChI=1S/C11H9BrN2/c1-8-6-10(3-5-14)11(12)7-9(8)2-4-13/h6-7H,2-3H2,1H3. The van der Waals surface area contributed by atoms with Crippen molar-refractivity contribution >= 4 is 15.9 Å². The molecule has 70 valence electrons. The minimum atomic E-state index is 0.397. The molecule has 0 saturated carbocycles. The van der Waals surface area contributed by atoms with Gasteiger partial charge < -0.3 is 0 Å². The van der Waals surface area contributed by atoms with E-state index in [0.29, 0.717) is 12.8 Å². The van der Waals surface area contributed by atoms with E-state index in [4.69, 9.17) is 10.5 Å². The molecular formula is C11H9BrN2. The van der Waals surface area contributed by atoms with Crippen LogP contribution in [-0.4, -0.2) is 0 Å². The molecule has 0 radical (unpaired) electrons. The number of nitrogens with zero attached hydrogens (tertiary/aromatic N) is 2. The van der Waals surface area contributed by atoms with Crippen molar-refractivity contribution in [2.24, 2.45) is 0 Å². The Kier molecular flexibility index (Phi) is 3.68. The first-order chi connectivity index (χ1) is 6.69. The molecule has 0 bridgehead atoms. The maximum absolute atomic E-state index is 8.59. The molecule has 0 aliphatic heterocycles. The fourth-order valence-corrected chi connectivity index (χ4v) is 1.81. The fourth-order valence-electron chi connectivity index (χ4n) is 1.28. The van der Waals surface area contributed by atoms with Crippen LogP contribution in [0.25, 0.3) is 0 Å². The molecule has 0 aliphatic rings. The maximum Gasteiger partial charge on any atom is 0.0670 e. The molecule has 14 heavy (non-hydrogen) atoms. The molecule has 1 rings (SSSR count). The number of rotatable bonds is 2. The highest BCUT2D eigenvalue weighted by atomic mass is 79.9. The van der Waals surface area contributed by atoms with Crippen molar-refractivity contribution in [1.82, 2.24) is 0 Å². The SMILES string of the molecule is Cc1cc(CC#N)c(Br)cc1CC#N. The average molecular weight is 249 g/mol. The van der Waals surface area contributed by atoms with E-state index in [1.165, 1.54) is 0 Å². The zero-order valence-electron chi connectivity index (χ0n) is 7.84. The summed E-state index contributed by atoms with van der Waals surface area (Å²) < 4.78 is 0.912. The molecular weight excluding hydrogens is 240 g/mol. The monoisotopic (exact) mass is 248 g/mol. The minimum Gasteiger partial charge on any atom is -0.198 e. The summed E-state index contributed by atoms with van der Waals surface area (Å²) in [6.45, 7) is 1.96. The summed E-state index contributed by atoms with van der Waals surface area (Å²) >= 11 is 3.39. The first-order valence-corrected chi connectivity index (χ1v) is 5.00. The Morgan fingerprint density at radius 1 is 1.14 bits per heavy atom. The van der Waals surface area contributed by atoms with Crippen LogP contribution >= 0.6 is 15.9 Å². The first-order valence-electron chi connectivity index (χ1n) is 4.21. The number of aryl methyl sites for hydroxylation is 1. The van der Waals surface area contributed by atoms with Gasteiger partial charge in [0.05, 0.1) is 25.0 Å². The summed E-state index contributed by atoms with van der Waals surface area (Å²) in [5.74, 6) is 0. The lowest BCUT2D eigenvalue weighted by atomic mass is 10.0. The number of halogens is 1. The van der Waals surface area contributed by atoms with Crippen LogP contribution in [-0.2, 0) is 12.8 Å². The summed E-state index contributed by atoms with van der Waals surface area (Å²) in [6, 6.07) is 8.11. The van der Waals surface area contributed by atoms with Crippen molar-refractivity contribution < 1.29 is 0 Å². The van der Waals surface area contributed by atoms with Crippen molar-refractivity contribution in [3.05, 3.63) is 33.3 Å². The second-order valence-electron chi connectivity index (χ2n) is 3.04. The van der Waals surface area contributed by atoms with E-state index >= 15 is 0 Å². The van der Waals surface area contributed by atoms with Gasteiger partial charge in [-0.15, -0.1) is 0 Å². The van der Waals surface area contributed by atoms with E-state index in [-0.39, 0.29) is 0 Å². The van der Waals surface area contributed by atoms with Gasteiger partial charge in [0.2, 0.25) is 0 Å². The second kappa shape index (κ2) is 4.79. The number of hydrogen-bond donors (Lipinski definition) is 0. The summed E-state index contributed by atoms with van der Waals surface area (Å²) in [7, 11) is 0. The van der Waals surface area contributed by atoms with Gasteiger partial charge in [-0.3, -0.25) is 0 Å². The quantitative estimate of drug-likeness (QED) is 0.808. The van der Waals surface area contributed by atoms with Crippen LogP contribution in [0.3, 0.4) is 0 Å². The highest BCUT2D eigenvalue weighted by Crippen LogP contribution is 2.22. The molecule has 0 saturated heterocycles. The van der Waals surface area contributed by atoms with Crippen molar-refractivity contribution in [2.75, 3.05) is 0 Å². The molecule has 0 N–H and O–H groups in total. The van der Waals surface area contributed by atoms with Crippen molar-refractivity contribution in [3.8, 4) is 12.1 Å². The Labute approximate surface area is 91.9 Å². The molecule has 1 aromatic carbocycles. The van der Waals surface area contributed by atoms with E-state index in [1.807, 2.05) is 19.1 Å². The van der Waals surface area contributed by atoms with Crippen LogP contribution in [0, 0.1) is 29.6 Å². The molecule has 1 aromatic rings. The number of benzene rings is 1. The lowest BCUT2D eigenvalue weighted by Gasteiger charge is -2.06. The van der Waals surface area contributed by atoms with Gasteiger partial charge in [-0.25, -0.2) is 0 Å². The third-order valence-electron chi connectivity index (χ3n) is 2.04. The molecule has 0 aliphatic carbocycles. The second-order valence-corrected chi connectivity index (χ2v) is 3.89. The van der Waals surface area contributed by atoms with Crippen LogP contribution in [0.5, 0.6) is 0 Å². The van der Waals surface area contributed by atoms with Gasteiger partial charge in [0.15, 0.2) is 0 Å². The predicted molar refractivity (Wildman–Crippen MR) is 57.5 cm³/mol. The van der Waals surface area contributed by atoms with Crippen LogP contribution in [0.2, 0.25) is 0 Å². The summed E-state index contributed by atoms with van der Waals surface area (Å²) in [5.41, 5.74) is 3.06. The summed E-state index contributed by atoms with van der Waals surface area (Å²) in [4.78, 5) is 0. The number of nitriles is 2. The predicted octanol–water partition coefficient (Wildman–Crippen LogP) is 2.89. The zero-order valence-corrected chi connectivity index (χ0v) is 9.43. The van der Waals surface area contributed by atoms with Gasteiger partial charge in [-0.05, 0) is 29.7 Å². The lowest BCUT2D eigenvalue weighted by molar-refractivity contribution is 1.16. The Balaban J connectivity index is 3.13. The van der Waals surface area contributed by atoms with E-state index < -0.39 is 0 Å². The van der Waals surface area contributed by atoms with Gasteiger partial charge in [0, 0.05) is 4.47 Å². The first kappa shape index (κ1) is 10.8. The molecule has 0 fully saturated rings. The largest absolute Gasteiger partial charge is 0.198 e. The molecule has 0 atom stereocenters. The topological polar surface area (TPSA) is 47.6 Å². The van der Waals surface area contributed by atoms with E-state index in [0.717, 1.165) is 21.2 Å². The van der Waals surface area contributed by atoms with Crippen molar-refractivity contribution in [2.45, 2.75) is 19.8 Å². The van der Waals surface area contributed by atoms with Crippen LogP contribution < -0.4 is 0 Å². The molecule has 0 spiro atoms. The highest BCUT2D eigenvalue weighted by molar-refractivity contribution is 9.10. The van der Waals surface area contributed by atoms with Crippen molar-refractivity contribution in [1.29, 1.82) is 10.5 Å². The third kappa shape index (κ3) is 2.34. The van der Waals surface area contributed by atoms with Crippen LogP contribution in [0.15, 0.2) is 16.6 Å². The van der Waals surface area contributed by atoms with Gasteiger partial charge in [0.25, 0.3) is 0 Å². The van der Waals surface area contributed by atoms with E-state index in [9.17, 15) is 0 Å². The van der Waals surface area contributed by atoms with Gasteiger partial charge >= 0.3 is 0 Å². The minimum absolute atomic E-state index is 0.397. The molecule has 0 aromatic heterocycles. The highest BCUT2D eigenvalue weighted by Gasteiger charge is 2.04. The summed E-state index contributed by atoms with van der Waals surface area (Å²) in [6.07, 6.45) is 0.811. The third-order valence-corrected chi connectivity index (χ3v) is 2.78. The van der Waals surface area contributed by atoms with Gasteiger partial charge in [-0.2, -0.15) is 10.5 Å². The van der Waals surface area contributed by atoms with E-state index in [1.54, 1.807) is 0 Å². The fraction of sp³-hybridized carbons (Fsp3) is 0.273. The Morgan fingerprint density at radius 3 is 2.29 bits per heavy atom. The molecule has 0 heterocycles. The molecule has 0 amide bonds. The van der Waals surface area contributed by atoms with Crippen LogP contribution in [0.4, 0.5) is 0 Å². The lowest BCUT2D eigenvalue weighted by Crippen LogP contribution is -1.92. The zero-order chi connectivity index (χ0) is 10.6. The smallest absolute Gasteiger partial charge is 0.0670 e. The molecule has 3 heteroatoms. The van der Waals surface area contributed by atoms with Gasteiger partial charge in [0.1, 0.15) is 0 Å². The Hall–Kier alpha value is -1.32. The van der Waals surface area contributed by atoms with Crippen molar-refractivity contribution in [3.63, 3.8) is 0 Å². The Morgan fingerprint density at radius 2 is 1.71 bits per heavy atom. The van der Waals surface area contributed by atoms with Gasteiger partial charge in [-0.1, -0.05) is 22.0 Å². The van der Waals surface area contributed by atoms with Crippen LogP contribution in [0.1, 0.15) is 16.7 Å². The Bertz CT molecular complexity index is 382. The maximum atomic E-state index is 8.59. The summed E-state index contributed by atoms with van der Waals surface area (Å²) in [5, 5.41) is 17.2. The molecule has 0 unspecified atom stereocenters. The average Bonchev–Trinajstić information content (AvgIpc) is 2.14. The van der Waals surface area contributed by atoms with E-state index in [2.05, 4.69) is 28.1 Å². The number of hydrogen-bond acceptors (Lipinski definition) is 2. The molecule has 2 nitrogen and oxygen atoms in total.